The van der Waals surface area contributed by atoms with Gasteiger partial charge in [0.05, 0.1) is 5.69 Å². The molecule has 4 amide bonds. The van der Waals surface area contributed by atoms with E-state index in [0.717, 1.165) is 23.3 Å². The zero-order valence-electron chi connectivity index (χ0n) is 23.5. The number of carbonyl (C=O) groups excluding carboxylic acids is 4. The zero-order chi connectivity index (χ0) is 31.7. The quantitative estimate of drug-likeness (QED) is 0.200. The molecule has 11 nitrogen and oxygen atoms in total. The highest BCUT2D eigenvalue weighted by Crippen LogP contribution is 2.59. The van der Waals surface area contributed by atoms with Crippen molar-refractivity contribution in [1.29, 1.82) is 0 Å². The van der Waals surface area contributed by atoms with Crippen LogP contribution in [0.5, 0.6) is 0 Å². The SMILES string of the molecule is C/C(=C\C(=O)N[C@H]1CCc2cccc3c2N(C1=O)[C@H](C(=O)N[C@H](C)CCC(N)=O)C3)c1ccc(C(F)(F)P(=O)(O)O)cc1. The molecule has 6 N–H and O–H groups in total. The highest BCUT2D eigenvalue weighted by atomic mass is 31.2. The molecule has 2 aliphatic heterocycles. The molecule has 0 saturated carbocycles. The van der Waals surface area contributed by atoms with Gasteiger partial charge in [-0.05, 0) is 55.4 Å². The van der Waals surface area contributed by atoms with Crippen molar-refractivity contribution in [1.82, 2.24) is 10.6 Å². The van der Waals surface area contributed by atoms with Crippen molar-refractivity contribution < 1.29 is 42.3 Å². The van der Waals surface area contributed by atoms with E-state index < -0.39 is 48.6 Å². The van der Waals surface area contributed by atoms with Crippen LogP contribution in [-0.4, -0.2) is 51.5 Å². The summed E-state index contributed by atoms with van der Waals surface area (Å²) in [6, 6.07) is 7.61. The highest BCUT2D eigenvalue weighted by Gasteiger charge is 2.50. The highest BCUT2D eigenvalue weighted by molar-refractivity contribution is 7.52. The largest absolute Gasteiger partial charge is 0.399 e. The van der Waals surface area contributed by atoms with Crippen LogP contribution in [0.15, 0.2) is 48.5 Å². The van der Waals surface area contributed by atoms with Gasteiger partial charge in [-0.3, -0.25) is 28.6 Å². The number of carbonyl (C=O) groups is 4. The first-order chi connectivity index (χ1) is 20.1. The van der Waals surface area contributed by atoms with E-state index in [1.165, 1.54) is 23.1 Å². The van der Waals surface area contributed by atoms with Gasteiger partial charge in [0.1, 0.15) is 12.1 Å². The molecule has 0 bridgehead atoms. The number of hydrogen-bond donors (Lipinski definition) is 5. The smallest absolute Gasteiger partial charge is 0.370 e. The minimum atomic E-state index is -5.72. The lowest BCUT2D eigenvalue weighted by Crippen LogP contribution is -2.55. The number of halogens is 2. The molecule has 14 heteroatoms. The number of primary amides is 1. The van der Waals surface area contributed by atoms with Crippen LogP contribution in [0.25, 0.3) is 5.57 Å². The lowest BCUT2D eigenvalue weighted by molar-refractivity contribution is -0.128. The maximum Gasteiger partial charge on any atom is 0.399 e. The first kappa shape index (κ1) is 32.0. The summed E-state index contributed by atoms with van der Waals surface area (Å²) >= 11 is 0. The molecule has 2 aromatic rings. The van der Waals surface area contributed by atoms with Gasteiger partial charge in [-0.25, -0.2) is 0 Å². The molecule has 3 atom stereocenters. The first-order valence-corrected chi connectivity index (χ1v) is 15.3. The van der Waals surface area contributed by atoms with E-state index in [-0.39, 0.29) is 24.8 Å². The fourth-order valence-electron chi connectivity index (χ4n) is 5.34. The maximum atomic E-state index is 14.0. The van der Waals surface area contributed by atoms with Crippen molar-refractivity contribution >= 4 is 42.5 Å². The third-order valence-corrected chi connectivity index (χ3v) is 8.63. The Morgan fingerprint density at radius 1 is 1.16 bits per heavy atom. The van der Waals surface area contributed by atoms with E-state index in [1.54, 1.807) is 13.8 Å². The lowest BCUT2D eigenvalue weighted by Gasteiger charge is -2.28. The topological polar surface area (TPSA) is 179 Å². The van der Waals surface area contributed by atoms with Crippen LogP contribution < -0.4 is 21.3 Å². The molecule has 4 rings (SSSR count). The average Bonchev–Trinajstić information content (AvgIpc) is 3.27. The minimum absolute atomic E-state index is 0.101. The summed E-state index contributed by atoms with van der Waals surface area (Å²) < 4.78 is 39.1. The van der Waals surface area contributed by atoms with E-state index in [9.17, 15) is 32.5 Å². The Morgan fingerprint density at radius 2 is 1.81 bits per heavy atom. The Kier molecular flexibility index (Phi) is 9.19. The summed E-state index contributed by atoms with van der Waals surface area (Å²) in [5.41, 5.74) is 3.08. The van der Waals surface area contributed by atoms with Crippen LogP contribution in [-0.2, 0) is 42.2 Å². The molecule has 0 saturated heterocycles. The van der Waals surface area contributed by atoms with Crippen LogP contribution in [0.4, 0.5) is 14.5 Å². The van der Waals surface area contributed by atoms with Gasteiger partial charge in [0.25, 0.3) is 0 Å². The Bertz CT molecular complexity index is 1520. The molecule has 0 unspecified atom stereocenters. The van der Waals surface area contributed by atoms with Gasteiger partial charge in [0.2, 0.25) is 23.6 Å². The third-order valence-electron chi connectivity index (χ3n) is 7.64. The van der Waals surface area contributed by atoms with Crippen molar-refractivity contribution in [2.45, 2.75) is 69.7 Å². The van der Waals surface area contributed by atoms with Crippen molar-refractivity contribution in [2.24, 2.45) is 5.73 Å². The van der Waals surface area contributed by atoms with E-state index in [0.29, 0.717) is 36.1 Å². The van der Waals surface area contributed by atoms with Crippen LogP contribution in [0.2, 0.25) is 0 Å². The summed E-state index contributed by atoms with van der Waals surface area (Å²) in [6.45, 7) is 3.29. The fourth-order valence-corrected chi connectivity index (χ4v) is 5.83. The molecule has 230 valence electrons. The number of nitrogens with two attached hydrogens (primary N) is 1. The molecule has 0 radical (unpaired) electrons. The number of allylic oxidation sites excluding steroid dienone is 1. The van der Waals surface area contributed by atoms with Crippen molar-refractivity contribution in [3.8, 4) is 0 Å². The van der Waals surface area contributed by atoms with Gasteiger partial charge < -0.3 is 26.2 Å². The number of nitrogens with zero attached hydrogens (tertiary/aromatic N) is 1. The zero-order valence-corrected chi connectivity index (χ0v) is 24.4. The molecule has 0 aromatic heterocycles. The summed E-state index contributed by atoms with van der Waals surface area (Å²) in [5.74, 6) is -1.94. The summed E-state index contributed by atoms with van der Waals surface area (Å²) in [5, 5.41) is 5.56. The number of benzene rings is 2. The molecule has 2 aliphatic rings. The second-order valence-corrected chi connectivity index (χ2v) is 12.5. The van der Waals surface area contributed by atoms with Gasteiger partial charge in [-0.1, -0.05) is 42.5 Å². The van der Waals surface area contributed by atoms with E-state index in [1.807, 2.05) is 18.2 Å². The van der Waals surface area contributed by atoms with Gasteiger partial charge in [-0.15, -0.1) is 0 Å². The van der Waals surface area contributed by atoms with Gasteiger partial charge in [0, 0.05) is 30.5 Å². The van der Waals surface area contributed by atoms with Crippen molar-refractivity contribution in [3.63, 3.8) is 0 Å². The molecule has 0 aliphatic carbocycles. The van der Waals surface area contributed by atoms with E-state index in [4.69, 9.17) is 15.5 Å². The molecular formula is C29H33F2N4O7P. The Labute approximate surface area is 246 Å². The molecule has 43 heavy (non-hydrogen) atoms. The minimum Gasteiger partial charge on any atom is -0.370 e. The second-order valence-electron chi connectivity index (χ2n) is 10.9. The normalized spacial score (nSPS) is 19.3. The summed E-state index contributed by atoms with van der Waals surface area (Å²) in [4.78, 5) is 70.5. The van der Waals surface area contributed by atoms with Crippen LogP contribution >= 0.6 is 7.60 Å². The first-order valence-electron chi connectivity index (χ1n) is 13.7. The molecule has 0 fully saturated rings. The van der Waals surface area contributed by atoms with Crippen LogP contribution in [0.3, 0.4) is 0 Å². The number of amides is 4. The Morgan fingerprint density at radius 3 is 2.44 bits per heavy atom. The van der Waals surface area contributed by atoms with Crippen molar-refractivity contribution in [2.75, 3.05) is 4.90 Å². The molecular weight excluding hydrogens is 585 g/mol. The van der Waals surface area contributed by atoms with Gasteiger partial charge >= 0.3 is 13.3 Å². The lowest BCUT2D eigenvalue weighted by atomic mass is 10.0. The predicted molar refractivity (Wildman–Crippen MR) is 154 cm³/mol. The van der Waals surface area contributed by atoms with E-state index in [2.05, 4.69) is 10.6 Å². The van der Waals surface area contributed by atoms with Crippen LogP contribution in [0.1, 0.15) is 55.4 Å². The average molecular weight is 619 g/mol. The monoisotopic (exact) mass is 618 g/mol. The number of rotatable bonds is 10. The maximum absolute atomic E-state index is 14.0. The number of para-hydroxylation sites is 1. The van der Waals surface area contributed by atoms with Gasteiger partial charge in [-0.2, -0.15) is 8.78 Å². The molecule has 2 heterocycles. The Hall–Kier alpha value is -3.93. The number of nitrogens with one attached hydrogen (secondary N) is 2. The predicted octanol–water partition coefficient (Wildman–Crippen LogP) is 2.48. The molecule has 0 spiro atoms. The standard InChI is InChI=1S/C29H33F2N4O7P/c1-16(18-7-10-21(11-8-18)29(30,31)43(40,41)42)14-25(37)34-22-12-9-19-4-3-5-20-15-23(35(26(19)20)28(22)39)27(38)33-17(2)6-13-24(32)36/h3-5,7-8,10-11,14,17,22-23H,6,9,12-13,15H2,1-2H3,(H2,32,36)(H,33,38)(H,34,37)(H2,40,41,42)/b16-14+/t17-,22+,23+/m1/s1. The van der Waals surface area contributed by atoms with Crippen LogP contribution in [0, 0.1) is 0 Å². The number of anilines is 1. The van der Waals surface area contributed by atoms with E-state index >= 15 is 0 Å². The second kappa shape index (κ2) is 12.4. The number of hydrogen-bond acceptors (Lipinski definition) is 5. The number of alkyl halides is 2. The van der Waals surface area contributed by atoms with Gasteiger partial charge in [0.15, 0.2) is 0 Å². The van der Waals surface area contributed by atoms with Crippen molar-refractivity contribution in [3.05, 3.63) is 70.8 Å². The molecule has 2 aromatic carbocycles. The summed E-state index contributed by atoms with van der Waals surface area (Å²) in [6.07, 6.45) is 2.68. The third kappa shape index (κ3) is 6.84. The number of aryl methyl sites for hydroxylation is 1. The Balaban J connectivity index is 1.50. The summed E-state index contributed by atoms with van der Waals surface area (Å²) in [7, 11) is -5.72. The fraction of sp³-hybridized carbons (Fsp3) is 0.379.